The Hall–Kier alpha value is -1.07. The molecule has 110 valence electrons. The number of carbonyl (C=O) groups is 1. The number of nitrogens with one attached hydrogen (secondary N) is 1. The summed E-state index contributed by atoms with van der Waals surface area (Å²) in [6, 6.07) is 7.43. The van der Waals surface area contributed by atoms with Crippen LogP contribution in [0.25, 0.3) is 0 Å². The lowest BCUT2D eigenvalue weighted by molar-refractivity contribution is -0.129. The highest BCUT2D eigenvalue weighted by atomic mass is 79.9. The van der Waals surface area contributed by atoms with Crippen LogP contribution in [0.5, 0.6) is 5.75 Å². The van der Waals surface area contributed by atoms with E-state index in [9.17, 15) is 4.79 Å². The van der Waals surface area contributed by atoms with E-state index in [4.69, 9.17) is 10.5 Å². The molecular formula is C15H21BrN2O2. The average Bonchev–Trinajstić information content (AvgIpc) is 3.26. The highest BCUT2D eigenvalue weighted by Crippen LogP contribution is 2.39. The summed E-state index contributed by atoms with van der Waals surface area (Å²) in [5.74, 6) is 1.06. The van der Waals surface area contributed by atoms with Crippen molar-refractivity contribution in [1.29, 1.82) is 0 Å². The SMILES string of the molecule is CC(Oc1ccc(Br)cc1)C(=O)NC(C)(CN)C1CC1. The third-order valence-electron chi connectivity index (χ3n) is 3.81. The summed E-state index contributed by atoms with van der Waals surface area (Å²) in [5, 5.41) is 3.04. The monoisotopic (exact) mass is 340 g/mol. The number of ether oxygens (including phenoxy) is 1. The van der Waals surface area contributed by atoms with Crippen molar-refractivity contribution in [1.82, 2.24) is 5.32 Å². The molecule has 2 unspecified atom stereocenters. The fraction of sp³-hybridized carbons (Fsp3) is 0.533. The smallest absolute Gasteiger partial charge is 0.261 e. The molecule has 2 rings (SSSR count). The van der Waals surface area contributed by atoms with Crippen molar-refractivity contribution in [3.05, 3.63) is 28.7 Å². The van der Waals surface area contributed by atoms with Crippen molar-refractivity contribution in [3.63, 3.8) is 0 Å². The highest BCUT2D eigenvalue weighted by Gasteiger charge is 2.42. The number of halogens is 1. The molecule has 0 aromatic heterocycles. The van der Waals surface area contributed by atoms with Crippen LogP contribution in [0, 0.1) is 5.92 Å². The Balaban J connectivity index is 1.93. The van der Waals surface area contributed by atoms with Crippen LogP contribution in [-0.4, -0.2) is 24.1 Å². The number of rotatable bonds is 6. The van der Waals surface area contributed by atoms with E-state index in [2.05, 4.69) is 21.2 Å². The van der Waals surface area contributed by atoms with Gasteiger partial charge in [0.05, 0.1) is 5.54 Å². The van der Waals surface area contributed by atoms with Crippen molar-refractivity contribution >= 4 is 21.8 Å². The van der Waals surface area contributed by atoms with Gasteiger partial charge in [0.1, 0.15) is 5.75 Å². The Morgan fingerprint density at radius 1 is 1.50 bits per heavy atom. The minimum Gasteiger partial charge on any atom is -0.481 e. The van der Waals surface area contributed by atoms with E-state index in [-0.39, 0.29) is 11.4 Å². The molecule has 1 aliphatic rings. The maximum absolute atomic E-state index is 12.2. The van der Waals surface area contributed by atoms with Crippen molar-refractivity contribution in [2.75, 3.05) is 6.54 Å². The number of carbonyl (C=O) groups excluding carboxylic acids is 1. The Morgan fingerprint density at radius 2 is 2.10 bits per heavy atom. The molecule has 2 atom stereocenters. The van der Waals surface area contributed by atoms with Crippen LogP contribution in [-0.2, 0) is 4.79 Å². The largest absolute Gasteiger partial charge is 0.481 e. The maximum atomic E-state index is 12.2. The number of nitrogens with two attached hydrogens (primary N) is 1. The fourth-order valence-corrected chi connectivity index (χ4v) is 2.46. The molecule has 1 fully saturated rings. The third-order valence-corrected chi connectivity index (χ3v) is 4.34. The topological polar surface area (TPSA) is 64.3 Å². The summed E-state index contributed by atoms with van der Waals surface area (Å²) >= 11 is 3.36. The summed E-state index contributed by atoms with van der Waals surface area (Å²) in [7, 11) is 0. The predicted octanol–water partition coefficient (Wildman–Crippen LogP) is 2.46. The van der Waals surface area contributed by atoms with Crippen LogP contribution < -0.4 is 15.8 Å². The zero-order valence-electron chi connectivity index (χ0n) is 11.9. The van der Waals surface area contributed by atoms with E-state index in [0.717, 1.165) is 17.3 Å². The summed E-state index contributed by atoms with van der Waals surface area (Å²) in [6.07, 6.45) is 1.73. The van der Waals surface area contributed by atoms with E-state index in [1.54, 1.807) is 6.92 Å². The molecule has 1 aromatic carbocycles. The molecule has 1 aromatic rings. The molecule has 0 saturated heterocycles. The second-order valence-corrected chi connectivity index (χ2v) is 6.51. The summed E-state index contributed by atoms with van der Waals surface area (Å²) in [5.41, 5.74) is 5.49. The molecule has 4 nitrogen and oxygen atoms in total. The van der Waals surface area contributed by atoms with Gasteiger partial charge in [-0.2, -0.15) is 0 Å². The van der Waals surface area contributed by atoms with Gasteiger partial charge in [-0.3, -0.25) is 4.79 Å². The third kappa shape index (κ3) is 3.73. The standard InChI is InChI=1S/C15H21BrN2O2/c1-10(20-13-7-5-12(16)6-8-13)14(19)18-15(2,9-17)11-3-4-11/h5-8,10-11H,3-4,9,17H2,1-2H3,(H,18,19). The molecular weight excluding hydrogens is 320 g/mol. The first-order valence-corrected chi connectivity index (χ1v) is 7.68. The normalized spacial score (nSPS) is 19.0. The number of hydrogen-bond donors (Lipinski definition) is 2. The molecule has 5 heteroatoms. The molecule has 0 aliphatic heterocycles. The van der Waals surface area contributed by atoms with E-state index in [1.165, 1.54) is 0 Å². The molecule has 20 heavy (non-hydrogen) atoms. The lowest BCUT2D eigenvalue weighted by Gasteiger charge is -2.30. The number of hydrogen-bond acceptors (Lipinski definition) is 3. The van der Waals surface area contributed by atoms with Gasteiger partial charge >= 0.3 is 0 Å². The number of amides is 1. The van der Waals surface area contributed by atoms with Crippen LogP contribution >= 0.6 is 15.9 Å². The van der Waals surface area contributed by atoms with E-state index in [1.807, 2.05) is 31.2 Å². The average molecular weight is 341 g/mol. The second-order valence-electron chi connectivity index (χ2n) is 5.60. The van der Waals surface area contributed by atoms with Gasteiger partial charge in [0.25, 0.3) is 5.91 Å². The molecule has 1 saturated carbocycles. The first kappa shape index (κ1) is 15.3. The lowest BCUT2D eigenvalue weighted by atomic mass is 9.95. The van der Waals surface area contributed by atoms with Crippen LogP contribution in [0.1, 0.15) is 26.7 Å². The molecule has 0 spiro atoms. The zero-order chi connectivity index (χ0) is 14.8. The second kappa shape index (κ2) is 6.14. The van der Waals surface area contributed by atoms with Crippen LogP contribution in [0.4, 0.5) is 0 Å². The molecule has 1 amide bonds. The number of benzene rings is 1. The van der Waals surface area contributed by atoms with Crippen molar-refractivity contribution in [2.24, 2.45) is 11.7 Å². The molecule has 1 aliphatic carbocycles. The van der Waals surface area contributed by atoms with Gasteiger partial charge in [-0.1, -0.05) is 15.9 Å². The lowest BCUT2D eigenvalue weighted by Crippen LogP contribution is -2.56. The molecule has 0 radical (unpaired) electrons. The molecule has 3 N–H and O–H groups in total. The first-order valence-electron chi connectivity index (χ1n) is 6.89. The Kier molecular flexibility index (Phi) is 4.70. The highest BCUT2D eigenvalue weighted by molar-refractivity contribution is 9.10. The van der Waals surface area contributed by atoms with Crippen molar-refractivity contribution in [2.45, 2.75) is 38.3 Å². The van der Waals surface area contributed by atoms with E-state index >= 15 is 0 Å². The van der Waals surface area contributed by atoms with Gasteiger partial charge in [0.2, 0.25) is 0 Å². The minimum atomic E-state index is -0.541. The van der Waals surface area contributed by atoms with E-state index in [0.29, 0.717) is 18.2 Å². The molecule has 0 heterocycles. The Bertz CT molecular complexity index is 473. The zero-order valence-corrected chi connectivity index (χ0v) is 13.4. The summed E-state index contributed by atoms with van der Waals surface area (Å²) < 4.78 is 6.63. The van der Waals surface area contributed by atoms with Crippen LogP contribution in [0.2, 0.25) is 0 Å². The van der Waals surface area contributed by atoms with Gasteiger partial charge in [-0.25, -0.2) is 0 Å². The quantitative estimate of drug-likeness (QED) is 0.835. The fourth-order valence-electron chi connectivity index (χ4n) is 2.19. The van der Waals surface area contributed by atoms with Crippen LogP contribution in [0.15, 0.2) is 28.7 Å². The van der Waals surface area contributed by atoms with Gasteiger partial charge in [0, 0.05) is 11.0 Å². The van der Waals surface area contributed by atoms with E-state index < -0.39 is 6.10 Å². The van der Waals surface area contributed by atoms with Gasteiger partial charge in [0.15, 0.2) is 6.10 Å². The Morgan fingerprint density at radius 3 is 2.60 bits per heavy atom. The van der Waals surface area contributed by atoms with Gasteiger partial charge in [-0.15, -0.1) is 0 Å². The Labute approximate surface area is 128 Å². The first-order chi connectivity index (χ1) is 9.44. The summed E-state index contributed by atoms with van der Waals surface area (Å²) in [6.45, 7) is 4.21. The van der Waals surface area contributed by atoms with Crippen molar-refractivity contribution < 1.29 is 9.53 Å². The van der Waals surface area contributed by atoms with Crippen molar-refractivity contribution in [3.8, 4) is 5.75 Å². The summed E-state index contributed by atoms with van der Waals surface area (Å²) in [4.78, 5) is 12.2. The van der Waals surface area contributed by atoms with Gasteiger partial charge < -0.3 is 15.8 Å². The minimum absolute atomic E-state index is 0.118. The molecule has 0 bridgehead atoms. The maximum Gasteiger partial charge on any atom is 0.261 e. The predicted molar refractivity (Wildman–Crippen MR) is 82.6 cm³/mol. The van der Waals surface area contributed by atoms with Crippen LogP contribution in [0.3, 0.4) is 0 Å². The van der Waals surface area contributed by atoms with Gasteiger partial charge in [-0.05, 0) is 56.9 Å².